The highest BCUT2D eigenvalue weighted by atomic mass is 35.5. The van der Waals surface area contributed by atoms with Crippen LogP contribution in [0.15, 0.2) is 52.1 Å². The fourth-order valence-electron chi connectivity index (χ4n) is 3.04. The molecular weight excluding hydrogens is 459 g/mol. The summed E-state index contributed by atoms with van der Waals surface area (Å²) in [6.07, 6.45) is 0. The molecule has 7 nitrogen and oxygen atoms in total. The minimum Gasteiger partial charge on any atom is -0.496 e. The third kappa shape index (κ3) is 4.51. The predicted octanol–water partition coefficient (Wildman–Crippen LogP) is 5.85. The van der Waals surface area contributed by atoms with Crippen molar-refractivity contribution in [2.75, 3.05) is 14.2 Å². The van der Waals surface area contributed by atoms with Crippen molar-refractivity contribution in [1.82, 2.24) is 19.9 Å². The van der Waals surface area contributed by atoms with Crippen LogP contribution in [0.1, 0.15) is 11.5 Å². The van der Waals surface area contributed by atoms with Crippen molar-refractivity contribution in [2.24, 2.45) is 0 Å². The summed E-state index contributed by atoms with van der Waals surface area (Å²) in [7, 11) is 3.17. The Balaban J connectivity index is 1.83. The third-order valence-electron chi connectivity index (χ3n) is 4.46. The SMILES string of the molecule is COc1ccc(-n2c(SCc3cc(C)on3)nnc2-c2cc(Cl)ccc2OC)cc1Cl. The molecule has 10 heteroatoms. The van der Waals surface area contributed by atoms with Crippen LogP contribution in [0.2, 0.25) is 10.0 Å². The van der Waals surface area contributed by atoms with Crippen LogP contribution in [-0.2, 0) is 5.75 Å². The molecule has 0 atom stereocenters. The molecule has 0 unspecified atom stereocenters. The number of benzene rings is 2. The molecule has 0 saturated carbocycles. The van der Waals surface area contributed by atoms with Crippen LogP contribution in [-0.4, -0.2) is 34.1 Å². The van der Waals surface area contributed by atoms with Crippen LogP contribution in [0.3, 0.4) is 0 Å². The summed E-state index contributed by atoms with van der Waals surface area (Å²) in [4.78, 5) is 0. The van der Waals surface area contributed by atoms with E-state index < -0.39 is 0 Å². The first kappa shape index (κ1) is 21.5. The second-order valence-corrected chi connectivity index (χ2v) is 8.31. The Labute approximate surface area is 193 Å². The number of hydrogen-bond acceptors (Lipinski definition) is 7. The van der Waals surface area contributed by atoms with E-state index in [4.69, 9.17) is 37.2 Å². The summed E-state index contributed by atoms with van der Waals surface area (Å²) in [6.45, 7) is 1.85. The summed E-state index contributed by atoms with van der Waals surface area (Å²) in [6, 6.07) is 12.7. The van der Waals surface area contributed by atoms with E-state index in [-0.39, 0.29) is 0 Å². The normalized spacial score (nSPS) is 11.0. The van der Waals surface area contributed by atoms with Crippen LogP contribution in [0.5, 0.6) is 11.5 Å². The Morgan fingerprint density at radius 3 is 2.45 bits per heavy atom. The number of methoxy groups -OCH3 is 2. The van der Waals surface area contributed by atoms with E-state index in [1.165, 1.54) is 11.8 Å². The van der Waals surface area contributed by atoms with Gasteiger partial charge in [-0.25, -0.2) is 0 Å². The molecule has 4 aromatic rings. The molecular formula is C21H18Cl2N4O3S. The zero-order chi connectivity index (χ0) is 22.0. The maximum Gasteiger partial charge on any atom is 0.196 e. The summed E-state index contributed by atoms with van der Waals surface area (Å²) in [5.41, 5.74) is 2.29. The molecule has 2 aromatic carbocycles. The van der Waals surface area contributed by atoms with Crippen molar-refractivity contribution < 1.29 is 14.0 Å². The van der Waals surface area contributed by atoms with E-state index in [0.717, 1.165) is 17.1 Å². The van der Waals surface area contributed by atoms with Crippen LogP contribution in [0.25, 0.3) is 17.1 Å². The van der Waals surface area contributed by atoms with Crippen LogP contribution >= 0.6 is 35.0 Å². The van der Waals surface area contributed by atoms with Gasteiger partial charge in [0.15, 0.2) is 11.0 Å². The Hall–Kier alpha value is -2.68. The quantitative estimate of drug-likeness (QED) is 0.309. The minimum atomic E-state index is 0.473. The zero-order valence-corrected chi connectivity index (χ0v) is 19.3. The summed E-state index contributed by atoms with van der Waals surface area (Å²) in [5.74, 6) is 3.09. The molecule has 0 aliphatic rings. The number of hydrogen-bond donors (Lipinski definition) is 0. The topological polar surface area (TPSA) is 75.2 Å². The summed E-state index contributed by atoms with van der Waals surface area (Å²) >= 11 is 14.1. The van der Waals surface area contributed by atoms with Crippen LogP contribution < -0.4 is 9.47 Å². The average Bonchev–Trinajstić information content (AvgIpc) is 3.38. The van der Waals surface area contributed by atoms with E-state index in [2.05, 4.69) is 15.4 Å². The molecule has 0 amide bonds. The van der Waals surface area contributed by atoms with Crippen molar-refractivity contribution in [3.8, 4) is 28.6 Å². The first-order chi connectivity index (χ1) is 15.0. The molecule has 31 heavy (non-hydrogen) atoms. The second kappa shape index (κ2) is 9.21. The van der Waals surface area contributed by atoms with Crippen LogP contribution in [0.4, 0.5) is 0 Å². The third-order valence-corrected chi connectivity index (χ3v) is 5.95. The lowest BCUT2D eigenvalue weighted by Gasteiger charge is -2.14. The predicted molar refractivity (Wildman–Crippen MR) is 121 cm³/mol. The molecule has 0 aliphatic heterocycles. The number of rotatable bonds is 7. The van der Waals surface area contributed by atoms with Gasteiger partial charge in [-0.2, -0.15) is 0 Å². The fourth-order valence-corrected chi connectivity index (χ4v) is 4.30. The lowest BCUT2D eigenvalue weighted by Crippen LogP contribution is -2.01. The molecule has 2 aromatic heterocycles. The van der Waals surface area contributed by atoms with Gasteiger partial charge in [-0.05, 0) is 43.3 Å². The smallest absolute Gasteiger partial charge is 0.196 e. The van der Waals surface area contributed by atoms with Gasteiger partial charge in [0.05, 0.1) is 36.2 Å². The highest BCUT2D eigenvalue weighted by molar-refractivity contribution is 7.98. The Kier molecular flexibility index (Phi) is 6.41. The molecule has 0 fully saturated rings. The number of halogens is 2. The molecule has 160 valence electrons. The highest BCUT2D eigenvalue weighted by Gasteiger charge is 2.21. The first-order valence-electron chi connectivity index (χ1n) is 9.18. The maximum atomic E-state index is 6.40. The Bertz CT molecular complexity index is 1230. The largest absolute Gasteiger partial charge is 0.496 e. The van der Waals surface area contributed by atoms with Gasteiger partial charge in [0.25, 0.3) is 0 Å². The standard InChI is InChI=1S/C21H18Cl2N4O3S/c1-12-8-14(26-30-12)11-31-21-25-24-20(16-9-13(22)4-6-18(16)28-2)27(21)15-5-7-19(29-3)17(23)10-15/h4-10H,11H2,1-3H3. The van der Waals surface area contributed by atoms with Gasteiger partial charge in [-0.15, -0.1) is 10.2 Å². The van der Waals surface area contributed by atoms with E-state index in [1.807, 2.05) is 23.6 Å². The molecule has 0 aliphatic carbocycles. The van der Waals surface area contributed by atoms with Gasteiger partial charge >= 0.3 is 0 Å². The highest BCUT2D eigenvalue weighted by Crippen LogP contribution is 2.37. The molecule has 0 N–H and O–H groups in total. The number of aromatic nitrogens is 4. The van der Waals surface area contributed by atoms with Crippen molar-refractivity contribution in [2.45, 2.75) is 17.8 Å². The van der Waals surface area contributed by atoms with Crippen LogP contribution in [0, 0.1) is 6.92 Å². The molecule has 0 spiro atoms. The first-order valence-corrected chi connectivity index (χ1v) is 10.9. The molecule has 2 heterocycles. The summed E-state index contributed by atoms with van der Waals surface area (Å²) < 4.78 is 17.9. The molecule has 0 bridgehead atoms. The van der Waals surface area contributed by atoms with Gasteiger partial charge in [-0.3, -0.25) is 4.57 Å². The molecule has 0 radical (unpaired) electrons. The molecule has 0 saturated heterocycles. The lowest BCUT2D eigenvalue weighted by molar-refractivity contribution is 0.393. The fraction of sp³-hybridized carbons (Fsp3) is 0.190. The van der Waals surface area contributed by atoms with Crippen molar-refractivity contribution in [1.29, 1.82) is 0 Å². The number of ether oxygens (including phenoxy) is 2. The maximum absolute atomic E-state index is 6.40. The lowest BCUT2D eigenvalue weighted by atomic mass is 10.2. The van der Waals surface area contributed by atoms with E-state index >= 15 is 0 Å². The van der Waals surface area contributed by atoms with Gasteiger partial charge in [-0.1, -0.05) is 40.1 Å². The van der Waals surface area contributed by atoms with Gasteiger partial charge in [0.2, 0.25) is 0 Å². The van der Waals surface area contributed by atoms with Crippen molar-refractivity contribution in [3.63, 3.8) is 0 Å². The monoisotopic (exact) mass is 476 g/mol. The van der Waals surface area contributed by atoms with E-state index in [0.29, 0.717) is 43.8 Å². The van der Waals surface area contributed by atoms with Gasteiger partial charge in [0.1, 0.15) is 17.3 Å². The Morgan fingerprint density at radius 2 is 1.77 bits per heavy atom. The minimum absolute atomic E-state index is 0.473. The number of nitrogens with zero attached hydrogens (tertiary/aromatic N) is 4. The second-order valence-electron chi connectivity index (χ2n) is 6.52. The van der Waals surface area contributed by atoms with Crippen molar-refractivity contribution in [3.05, 3.63) is 64.0 Å². The van der Waals surface area contributed by atoms with Gasteiger partial charge < -0.3 is 14.0 Å². The average molecular weight is 477 g/mol. The van der Waals surface area contributed by atoms with E-state index in [1.54, 1.807) is 44.6 Å². The zero-order valence-electron chi connectivity index (χ0n) is 16.9. The van der Waals surface area contributed by atoms with E-state index in [9.17, 15) is 0 Å². The summed E-state index contributed by atoms with van der Waals surface area (Å²) in [5, 5.41) is 14.6. The van der Waals surface area contributed by atoms with Crippen molar-refractivity contribution >= 4 is 35.0 Å². The molecule has 4 rings (SSSR count). The van der Waals surface area contributed by atoms with Gasteiger partial charge in [0, 0.05) is 16.8 Å². The number of aryl methyl sites for hydroxylation is 1. The Morgan fingerprint density at radius 1 is 1.00 bits per heavy atom. The number of thioether (sulfide) groups is 1.